The zero-order valence-corrected chi connectivity index (χ0v) is 11.9. The van der Waals surface area contributed by atoms with Crippen LogP contribution in [0, 0.1) is 0 Å². The van der Waals surface area contributed by atoms with Gasteiger partial charge in [0.05, 0.1) is 5.75 Å². The van der Waals surface area contributed by atoms with Gasteiger partial charge in [0.15, 0.2) is 9.84 Å². The average molecular weight is 286 g/mol. The summed E-state index contributed by atoms with van der Waals surface area (Å²) in [6, 6.07) is 1.17. The van der Waals surface area contributed by atoms with Gasteiger partial charge in [-0.2, -0.15) is 0 Å². The van der Waals surface area contributed by atoms with Crippen molar-refractivity contribution in [3.63, 3.8) is 0 Å². The molecule has 1 amide bonds. The van der Waals surface area contributed by atoms with Crippen LogP contribution in [0.1, 0.15) is 44.9 Å². The molecule has 2 N–H and O–H groups in total. The summed E-state index contributed by atoms with van der Waals surface area (Å²) in [4.78, 5) is 12.2. The van der Waals surface area contributed by atoms with E-state index in [2.05, 4.69) is 10.6 Å². The smallest absolute Gasteiger partial charge is 0.238 e. The second-order valence-electron chi connectivity index (χ2n) is 6.17. The van der Waals surface area contributed by atoms with E-state index in [0.717, 1.165) is 19.3 Å². The van der Waals surface area contributed by atoms with Crippen molar-refractivity contribution in [1.82, 2.24) is 10.6 Å². The maximum absolute atomic E-state index is 12.2. The van der Waals surface area contributed by atoms with Gasteiger partial charge in [0.1, 0.15) is 5.25 Å². The lowest BCUT2D eigenvalue weighted by Gasteiger charge is -2.31. The summed E-state index contributed by atoms with van der Waals surface area (Å²) in [5.74, 6) is -0.0891. The molecule has 0 spiro atoms. The molecule has 3 saturated heterocycles. The van der Waals surface area contributed by atoms with Crippen LogP contribution in [-0.2, 0) is 14.6 Å². The molecule has 0 aromatic heterocycles. The minimum atomic E-state index is -3.21. The monoisotopic (exact) mass is 286 g/mol. The van der Waals surface area contributed by atoms with Crippen LogP contribution in [0.25, 0.3) is 0 Å². The highest BCUT2D eigenvalue weighted by Crippen LogP contribution is 2.27. The molecule has 19 heavy (non-hydrogen) atoms. The van der Waals surface area contributed by atoms with Gasteiger partial charge in [-0.1, -0.05) is 6.42 Å². The van der Waals surface area contributed by atoms with Crippen LogP contribution in [0.5, 0.6) is 0 Å². The molecule has 5 nitrogen and oxygen atoms in total. The van der Waals surface area contributed by atoms with Crippen molar-refractivity contribution in [2.24, 2.45) is 0 Å². The van der Waals surface area contributed by atoms with E-state index in [4.69, 9.17) is 0 Å². The maximum atomic E-state index is 12.2. The van der Waals surface area contributed by atoms with Gasteiger partial charge in [-0.15, -0.1) is 0 Å². The third kappa shape index (κ3) is 2.79. The van der Waals surface area contributed by atoms with Crippen LogP contribution in [0.3, 0.4) is 0 Å². The first kappa shape index (κ1) is 13.4. The highest BCUT2D eigenvalue weighted by Gasteiger charge is 2.38. The summed E-state index contributed by atoms with van der Waals surface area (Å²) in [7, 11) is -3.21. The third-order valence-corrected chi connectivity index (χ3v) is 6.87. The third-order valence-electron chi connectivity index (χ3n) is 4.69. The van der Waals surface area contributed by atoms with E-state index in [0.29, 0.717) is 24.9 Å². The van der Waals surface area contributed by atoms with E-state index in [1.807, 2.05) is 0 Å². The second kappa shape index (κ2) is 5.05. The lowest BCUT2D eigenvalue weighted by molar-refractivity contribution is -0.121. The first-order valence-corrected chi connectivity index (χ1v) is 9.04. The molecule has 0 saturated carbocycles. The van der Waals surface area contributed by atoms with Gasteiger partial charge in [0.25, 0.3) is 0 Å². The molecular formula is C13H22N2O3S. The van der Waals surface area contributed by atoms with Gasteiger partial charge >= 0.3 is 0 Å². The average Bonchev–Trinajstić information content (AvgIpc) is 2.68. The molecule has 3 fully saturated rings. The van der Waals surface area contributed by atoms with Crippen LogP contribution < -0.4 is 10.6 Å². The molecule has 0 radical (unpaired) electrons. The number of nitrogens with one attached hydrogen (secondary N) is 2. The fraction of sp³-hybridized carbons (Fsp3) is 0.923. The van der Waals surface area contributed by atoms with Crippen molar-refractivity contribution in [3.05, 3.63) is 0 Å². The van der Waals surface area contributed by atoms with Gasteiger partial charge in [0.2, 0.25) is 5.91 Å². The SMILES string of the molecule is O=C(NC1CC2CCC(C1)N2)C1CCCCS1(=O)=O. The highest BCUT2D eigenvalue weighted by atomic mass is 32.2. The normalized spacial score (nSPS) is 40.8. The van der Waals surface area contributed by atoms with E-state index >= 15 is 0 Å². The van der Waals surface area contributed by atoms with Crippen molar-refractivity contribution in [3.8, 4) is 0 Å². The number of rotatable bonds is 2. The molecule has 2 bridgehead atoms. The lowest BCUT2D eigenvalue weighted by Crippen LogP contribution is -2.52. The van der Waals surface area contributed by atoms with Crippen LogP contribution in [0.4, 0.5) is 0 Å². The van der Waals surface area contributed by atoms with E-state index < -0.39 is 15.1 Å². The second-order valence-corrected chi connectivity index (χ2v) is 8.47. The number of hydrogen-bond acceptors (Lipinski definition) is 4. The number of fused-ring (bicyclic) bond motifs is 2. The van der Waals surface area contributed by atoms with Crippen LogP contribution in [0.2, 0.25) is 0 Å². The molecule has 108 valence electrons. The number of carbonyl (C=O) groups excluding carboxylic acids is 1. The fourth-order valence-electron chi connectivity index (χ4n) is 3.72. The molecule has 3 rings (SSSR count). The van der Waals surface area contributed by atoms with E-state index in [1.54, 1.807) is 0 Å². The van der Waals surface area contributed by atoms with Gasteiger partial charge in [-0.25, -0.2) is 8.42 Å². The van der Waals surface area contributed by atoms with Gasteiger partial charge in [-0.3, -0.25) is 4.79 Å². The summed E-state index contributed by atoms with van der Waals surface area (Å²) in [6.45, 7) is 0. The van der Waals surface area contributed by atoms with E-state index in [1.165, 1.54) is 12.8 Å². The molecule has 6 heteroatoms. The largest absolute Gasteiger partial charge is 0.352 e. The first-order chi connectivity index (χ1) is 9.04. The van der Waals surface area contributed by atoms with Crippen molar-refractivity contribution in [2.45, 2.75) is 68.3 Å². The van der Waals surface area contributed by atoms with Crippen LogP contribution >= 0.6 is 0 Å². The Morgan fingerprint density at radius 3 is 2.37 bits per heavy atom. The number of carbonyl (C=O) groups is 1. The maximum Gasteiger partial charge on any atom is 0.238 e. The topological polar surface area (TPSA) is 75.3 Å². The summed E-state index contributed by atoms with van der Waals surface area (Å²) < 4.78 is 23.9. The van der Waals surface area contributed by atoms with Crippen molar-refractivity contribution in [1.29, 1.82) is 0 Å². The Balaban J connectivity index is 1.62. The molecular weight excluding hydrogens is 264 g/mol. The zero-order valence-electron chi connectivity index (χ0n) is 11.1. The predicted molar refractivity (Wildman–Crippen MR) is 72.5 cm³/mol. The van der Waals surface area contributed by atoms with Crippen LogP contribution in [0.15, 0.2) is 0 Å². The van der Waals surface area contributed by atoms with E-state index in [9.17, 15) is 13.2 Å². The molecule has 0 aliphatic carbocycles. The Morgan fingerprint density at radius 1 is 1.05 bits per heavy atom. The zero-order chi connectivity index (χ0) is 13.5. The first-order valence-electron chi connectivity index (χ1n) is 7.32. The molecule has 0 aromatic rings. The Kier molecular flexibility index (Phi) is 3.55. The van der Waals surface area contributed by atoms with Crippen molar-refractivity contribution >= 4 is 15.7 Å². The van der Waals surface area contributed by atoms with Crippen molar-refractivity contribution in [2.75, 3.05) is 5.75 Å². The van der Waals surface area contributed by atoms with Gasteiger partial charge in [0, 0.05) is 18.1 Å². The molecule has 3 aliphatic heterocycles. The molecule has 3 atom stereocenters. The molecule has 3 aliphatic rings. The number of amides is 1. The summed E-state index contributed by atoms with van der Waals surface area (Å²) in [5, 5.41) is 5.71. The summed E-state index contributed by atoms with van der Waals surface area (Å²) >= 11 is 0. The van der Waals surface area contributed by atoms with E-state index in [-0.39, 0.29) is 17.7 Å². The number of piperidine rings is 1. The quantitative estimate of drug-likeness (QED) is 0.768. The standard InChI is InChI=1S/C13H22N2O3S/c16-13(12-3-1-2-6-19(12,17)18)15-11-7-9-4-5-10(8-11)14-9/h9-12,14H,1-8H2,(H,15,16). The number of sulfone groups is 1. The summed E-state index contributed by atoms with van der Waals surface area (Å²) in [6.07, 6.45) is 6.27. The Morgan fingerprint density at radius 2 is 1.74 bits per heavy atom. The van der Waals surface area contributed by atoms with Gasteiger partial charge in [-0.05, 0) is 38.5 Å². The fourth-order valence-corrected chi connectivity index (χ4v) is 5.53. The number of hydrogen-bond donors (Lipinski definition) is 2. The highest BCUT2D eigenvalue weighted by molar-refractivity contribution is 7.92. The Labute approximate surface area is 114 Å². The van der Waals surface area contributed by atoms with Gasteiger partial charge < -0.3 is 10.6 Å². The minimum absolute atomic E-state index is 0.156. The molecule has 0 aromatic carbocycles. The molecule has 3 heterocycles. The summed E-state index contributed by atoms with van der Waals surface area (Å²) in [5.41, 5.74) is 0. The predicted octanol–water partition coefficient (Wildman–Crippen LogP) is 0.353. The Hall–Kier alpha value is -0.620. The van der Waals surface area contributed by atoms with Crippen LogP contribution in [-0.4, -0.2) is 43.5 Å². The Bertz CT molecular complexity index is 451. The van der Waals surface area contributed by atoms with Crippen molar-refractivity contribution < 1.29 is 13.2 Å². The lowest BCUT2D eigenvalue weighted by atomic mass is 9.99. The minimum Gasteiger partial charge on any atom is -0.352 e. The molecule has 3 unspecified atom stereocenters.